The Bertz CT molecular complexity index is 706. The van der Waals surface area contributed by atoms with Gasteiger partial charge in [-0.1, -0.05) is 23.7 Å². The molecule has 21 heavy (non-hydrogen) atoms. The van der Waals surface area contributed by atoms with E-state index in [0.717, 1.165) is 0 Å². The average molecular weight is 323 g/mol. The maximum Gasteiger partial charge on any atom is 0.175 e. The number of hydrogen-bond donors (Lipinski definition) is 2. The molecule has 0 heterocycles. The van der Waals surface area contributed by atoms with E-state index in [1.54, 1.807) is 24.3 Å². The molecule has 0 saturated carbocycles. The van der Waals surface area contributed by atoms with Gasteiger partial charge in [-0.25, -0.2) is 4.39 Å². The first kappa shape index (κ1) is 15.4. The lowest BCUT2D eigenvalue weighted by atomic mass is 10.1. The van der Waals surface area contributed by atoms with Gasteiger partial charge in [0.2, 0.25) is 0 Å². The highest BCUT2D eigenvalue weighted by molar-refractivity contribution is 7.80. The zero-order valence-electron chi connectivity index (χ0n) is 11.1. The van der Waals surface area contributed by atoms with Crippen LogP contribution in [0.5, 0.6) is 0 Å². The van der Waals surface area contributed by atoms with E-state index in [0.29, 0.717) is 22.1 Å². The summed E-state index contributed by atoms with van der Waals surface area (Å²) in [6.45, 7) is 1.50. The van der Waals surface area contributed by atoms with Crippen LogP contribution in [0.2, 0.25) is 5.02 Å². The van der Waals surface area contributed by atoms with Gasteiger partial charge in [-0.05, 0) is 49.5 Å². The summed E-state index contributed by atoms with van der Waals surface area (Å²) in [7, 11) is 0. The van der Waals surface area contributed by atoms with Crippen molar-refractivity contribution in [2.24, 2.45) is 0 Å². The molecule has 0 radical (unpaired) electrons. The monoisotopic (exact) mass is 322 g/mol. The zero-order valence-corrected chi connectivity index (χ0v) is 12.7. The SMILES string of the molecule is CC(=O)c1cccc(NC(=S)Nc2ccc(F)c(Cl)c2)c1. The molecule has 0 aromatic heterocycles. The van der Waals surface area contributed by atoms with E-state index >= 15 is 0 Å². The number of ketones is 1. The van der Waals surface area contributed by atoms with Gasteiger partial charge in [0.25, 0.3) is 0 Å². The van der Waals surface area contributed by atoms with Crippen LogP contribution >= 0.6 is 23.8 Å². The summed E-state index contributed by atoms with van der Waals surface area (Å²) in [5.41, 5.74) is 1.85. The number of anilines is 2. The zero-order chi connectivity index (χ0) is 15.4. The third-order valence-electron chi connectivity index (χ3n) is 2.70. The van der Waals surface area contributed by atoms with Gasteiger partial charge in [-0.15, -0.1) is 0 Å². The molecule has 3 nitrogen and oxygen atoms in total. The van der Waals surface area contributed by atoms with Crippen LogP contribution in [-0.2, 0) is 0 Å². The molecule has 2 aromatic carbocycles. The molecule has 2 aromatic rings. The fourth-order valence-corrected chi connectivity index (χ4v) is 2.10. The van der Waals surface area contributed by atoms with Crippen LogP contribution < -0.4 is 10.6 Å². The van der Waals surface area contributed by atoms with E-state index in [2.05, 4.69) is 10.6 Å². The standard InChI is InChI=1S/C15H12ClFN2OS/c1-9(20)10-3-2-4-11(7-10)18-15(21)19-12-5-6-14(17)13(16)8-12/h2-8H,1H3,(H2,18,19,21). The van der Waals surface area contributed by atoms with E-state index < -0.39 is 5.82 Å². The van der Waals surface area contributed by atoms with Crippen LogP contribution in [-0.4, -0.2) is 10.9 Å². The minimum Gasteiger partial charge on any atom is -0.332 e. The van der Waals surface area contributed by atoms with Crippen LogP contribution in [0.1, 0.15) is 17.3 Å². The summed E-state index contributed by atoms with van der Waals surface area (Å²) in [5, 5.41) is 6.18. The lowest BCUT2D eigenvalue weighted by molar-refractivity contribution is 0.101. The van der Waals surface area contributed by atoms with E-state index in [9.17, 15) is 9.18 Å². The molecule has 0 aliphatic rings. The van der Waals surface area contributed by atoms with Crippen molar-refractivity contribution < 1.29 is 9.18 Å². The molecule has 0 unspecified atom stereocenters. The lowest BCUT2D eigenvalue weighted by Gasteiger charge is -2.11. The largest absolute Gasteiger partial charge is 0.332 e. The van der Waals surface area contributed by atoms with Crippen molar-refractivity contribution >= 4 is 46.1 Å². The molecule has 6 heteroatoms. The van der Waals surface area contributed by atoms with E-state index in [-0.39, 0.29) is 10.8 Å². The Labute approximate surface area is 132 Å². The minimum absolute atomic E-state index is 0.0152. The van der Waals surface area contributed by atoms with E-state index in [1.165, 1.54) is 25.1 Å². The first-order valence-corrected chi connectivity index (χ1v) is 6.88. The van der Waals surface area contributed by atoms with Gasteiger partial charge in [0.1, 0.15) is 5.82 Å². The van der Waals surface area contributed by atoms with Gasteiger partial charge in [0, 0.05) is 16.9 Å². The van der Waals surface area contributed by atoms with Crippen molar-refractivity contribution in [1.82, 2.24) is 0 Å². The first-order valence-electron chi connectivity index (χ1n) is 6.10. The Hall–Kier alpha value is -1.98. The minimum atomic E-state index is -0.491. The summed E-state index contributed by atoms with van der Waals surface area (Å²) in [6.07, 6.45) is 0. The molecule has 108 valence electrons. The molecule has 0 aliphatic carbocycles. The summed E-state index contributed by atoms with van der Waals surface area (Å²) in [5.74, 6) is -0.516. The van der Waals surface area contributed by atoms with Gasteiger partial charge in [0.05, 0.1) is 5.02 Å². The Morgan fingerprint density at radius 1 is 1.14 bits per heavy atom. The van der Waals surface area contributed by atoms with Gasteiger partial charge in [-0.3, -0.25) is 4.79 Å². The quantitative estimate of drug-likeness (QED) is 0.645. The summed E-state index contributed by atoms with van der Waals surface area (Å²) in [4.78, 5) is 11.3. The van der Waals surface area contributed by atoms with Crippen molar-refractivity contribution in [2.75, 3.05) is 10.6 Å². The molecule has 0 atom stereocenters. The Balaban J connectivity index is 2.06. The highest BCUT2D eigenvalue weighted by Gasteiger charge is 2.04. The van der Waals surface area contributed by atoms with Gasteiger partial charge >= 0.3 is 0 Å². The maximum absolute atomic E-state index is 13.1. The topological polar surface area (TPSA) is 41.1 Å². The predicted molar refractivity (Wildman–Crippen MR) is 87.7 cm³/mol. The molecule has 2 rings (SSSR count). The van der Waals surface area contributed by atoms with Crippen molar-refractivity contribution in [2.45, 2.75) is 6.92 Å². The second-order valence-electron chi connectivity index (χ2n) is 4.35. The lowest BCUT2D eigenvalue weighted by Crippen LogP contribution is -2.19. The van der Waals surface area contributed by atoms with Crippen LogP contribution in [0, 0.1) is 5.82 Å². The van der Waals surface area contributed by atoms with Gasteiger partial charge < -0.3 is 10.6 Å². The highest BCUT2D eigenvalue weighted by atomic mass is 35.5. The molecule has 0 saturated heterocycles. The second kappa shape index (κ2) is 6.65. The number of halogens is 2. The maximum atomic E-state index is 13.1. The van der Waals surface area contributed by atoms with Crippen molar-refractivity contribution in [1.29, 1.82) is 0 Å². The molecule has 2 N–H and O–H groups in total. The number of hydrogen-bond acceptors (Lipinski definition) is 2. The van der Waals surface area contributed by atoms with Crippen molar-refractivity contribution in [3.8, 4) is 0 Å². The fraction of sp³-hybridized carbons (Fsp3) is 0.0667. The van der Waals surface area contributed by atoms with Crippen LogP contribution in [0.4, 0.5) is 15.8 Å². The van der Waals surface area contributed by atoms with Gasteiger partial charge in [-0.2, -0.15) is 0 Å². The van der Waals surface area contributed by atoms with Gasteiger partial charge in [0.15, 0.2) is 10.9 Å². The summed E-state index contributed by atoms with van der Waals surface area (Å²) < 4.78 is 13.1. The Morgan fingerprint density at radius 3 is 2.43 bits per heavy atom. The van der Waals surface area contributed by atoms with E-state index in [1.807, 2.05) is 0 Å². The molecule has 0 fully saturated rings. The average Bonchev–Trinajstić information content (AvgIpc) is 2.43. The molecule has 0 bridgehead atoms. The van der Waals surface area contributed by atoms with Crippen LogP contribution in [0.15, 0.2) is 42.5 Å². The molecular weight excluding hydrogens is 311 g/mol. The van der Waals surface area contributed by atoms with Crippen LogP contribution in [0.3, 0.4) is 0 Å². The number of Topliss-reactive ketones (excluding diaryl/α,β-unsaturated/α-hetero) is 1. The summed E-state index contributed by atoms with van der Waals surface area (Å²) in [6, 6.07) is 11.2. The molecule has 0 spiro atoms. The third kappa shape index (κ3) is 4.24. The van der Waals surface area contributed by atoms with E-state index in [4.69, 9.17) is 23.8 Å². The number of carbonyl (C=O) groups is 1. The highest BCUT2D eigenvalue weighted by Crippen LogP contribution is 2.19. The summed E-state index contributed by atoms with van der Waals surface area (Å²) >= 11 is 10.9. The molecular formula is C15H12ClFN2OS. The molecule has 0 amide bonds. The first-order chi connectivity index (χ1) is 9.95. The predicted octanol–water partition coefficient (Wildman–Crippen LogP) is 4.49. The Kier molecular flexibility index (Phi) is 4.88. The smallest absolute Gasteiger partial charge is 0.175 e. The number of rotatable bonds is 3. The van der Waals surface area contributed by atoms with Crippen LogP contribution in [0.25, 0.3) is 0 Å². The number of benzene rings is 2. The second-order valence-corrected chi connectivity index (χ2v) is 5.16. The molecule has 0 aliphatic heterocycles. The fourth-order valence-electron chi connectivity index (χ4n) is 1.68. The number of nitrogens with one attached hydrogen (secondary N) is 2. The third-order valence-corrected chi connectivity index (χ3v) is 3.20. The normalized spacial score (nSPS) is 10.0. The van der Waals surface area contributed by atoms with Crippen molar-refractivity contribution in [3.63, 3.8) is 0 Å². The Morgan fingerprint density at radius 2 is 1.81 bits per heavy atom. The number of carbonyl (C=O) groups excluding carboxylic acids is 1. The van der Waals surface area contributed by atoms with Crippen molar-refractivity contribution in [3.05, 3.63) is 58.9 Å². The number of thiocarbonyl (C=S) groups is 1.